The van der Waals surface area contributed by atoms with Gasteiger partial charge in [-0.25, -0.2) is 22.5 Å². The minimum atomic E-state index is -3.33. The summed E-state index contributed by atoms with van der Waals surface area (Å²) in [5, 5.41) is 0. The topological polar surface area (TPSA) is 74.8 Å². The van der Waals surface area contributed by atoms with Crippen molar-refractivity contribution in [1.29, 1.82) is 0 Å². The van der Waals surface area contributed by atoms with Gasteiger partial charge in [-0.15, -0.1) is 0 Å². The van der Waals surface area contributed by atoms with Crippen LogP contribution in [0.15, 0.2) is 42.6 Å². The molecule has 29 heavy (non-hydrogen) atoms. The van der Waals surface area contributed by atoms with Crippen LogP contribution in [0.4, 0.5) is 15.9 Å². The lowest BCUT2D eigenvalue weighted by Gasteiger charge is -2.36. The maximum atomic E-state index is 13.1. The Morgan fingerprint density at radius 3 is 2.48 bits per heavy atom. The van der Waals surface area contributed by atoms with Crippen LogP contribution in [0, 0.1) is 5.82 Å². The second-order valence-electron chi connectivity index (χ2n) is 6.96. The zero-order chi connectivity index (χ0) is 20.7. The number of methoxy groups -OCH3 is 1. The van der Waals surface area contributed by atoms with Crippen LogP contribution in [-0.4, -0.2) is 59.1 Å². The van der Waals surface area contributed by atoms with E-state index in [1.807, 2.05) is 12.1 Å². The SMILES string of the molecule is COCCCS(=O)(=O)NCc1ccnc(N2CCN(c3ccc(F)cc3)CC2)c1. The van der Waals surface area contributed by atoms with Crippen LogP contribution >= 0.6 is 0 Å². The minimum Gasteiger partial charge on any atom is -0.385 e. The number of rotatable bonds is 9. The normalized spacial score (nSPS) is 15.0. The Bertz CT molecular complexity index is 885. The molecule has 0 bridgehead atoms. The van der Waals surface area contributed by atoms with Gasteiger partial charge in [0.2, 0.25) is 10.0 Å². The van der Waals surface area contributed by atoms with E-state index in [0.717, 1.165) is 43.2 Å². The Kier molecular flexibility index (Phi) is 7.40. The van der Waals surface area contributed by atoms with E-state index in [9.17, 15) is 12.8 Å². The Hall–Kier alpha value is -2.23. The van der Waals surface area contributed by atoms with Crippen LogP contribution in [0.5, 0.6) is 0 Å². The van der Waals surface area contributed by atoms with Gasteiger partial charge < -0.3 is 14.5 Å². The molecule has 0 spiro atoms. The Morgan fingerprint density at radius 1 is 1.10 bits per heavy atom. The maximum absolute atomic E-state index is 13.1. The van der Waals surface area contributed by atoms with Crippen molar-refractivity contribution in [1.82, 2.24) is 9.71 Å². The molecule has 158 valence electrons. The highest BCUT2D eigenvalue weighted by atomic mass is 32.2. The molecule has 1 aromatic carbocycles. The Morgan fingerprint density at radius 2 is 1.79 bits per heavy atom. The lowest BCUT2D eigenvalue weighted by molar-refractivity contribution is 0.199. The van der Waals surface area contributed by atoms with Crippen LogP contribution in [-0.2, 0) is 21.3 Å². The van der Waals surface area contributed by atoms with E-state index in [1.165, 1.54) is 12.1 Å². The standard InChI is InChI=1S/C20H27FN4O3S/c1-28-13-2-14-29(26,27)23-16-17-7-8-22-20(15-17)25-11-9-24(10-12-25)19-5-3-18(21)4-6-19/h3-8,15,23H,2,9-14,16H2,1H3. The third-order valence-electron chi connectivity index (χ3n) is 4.86. The lowest BCUT2D eigenvalue weighted by atomic mass is 10.2. The van der Waals surface area contributed by atoms with Gasteiger partial charge in [-0.2, -0.15) is 0 Å². The van der Waals surface area contributed by atoms with Gasteiger partial charge in [0.15, 0.2) is 0 Å². The predicted octanol–water partition coefficient (Wildman–Crippen LogP) is 2.00. The van der Waals surface area contributed by atoms with E-state index in [-0.39, 0.29) is 18.1 Å². The third kappa shape index (κ3) is 6.38. The number of nitrogens with one attached hydrogen (secondary N) is 1. The van der Waals surface area contributed by atoms with E-state index in [2.05, 4.69) is 19.5 Å². The third-order valence-corrected chi connectivity index (χ3v) is 6.27. The van der Waals surface area contributed by atoms with Gasteiger partial charge >= 0.3 is 0 Å². The molecule has 0 atom stereocenters. The molecule has 0 saturated carbocycles. The molecule has 0 aliphatic carbocycles. The van der Waals surface area contributed by atoms with Gasteiger partial charge in [-0.3, -0.25) is 0 Å². The number of hydrogen-bond acceptors (Lipinski definition) is 6. The zero-order valence-electron chi connectivity index (χ0n) is 16.6. The number of halogens is 1. The quantitative estimate of drug-likeness (QED) is 0.623. The number of aromatic nitrogens is 1. The molecule has 7 nitrogen and oxygen atoms in total. The first-order valence-corrected chi connectivity index (χ1v) is 11.3. The number of nitrogens with zero attached hydrogens (tertiary/aromatic N) is 3. The second-order valence-corrected chi connectivity index (χ2v) is 8.89. The number of sulfonamides is 1. The fourth-order valence-electron chi connectivity index (χ4n) is 3.25. The lowest BCUT2D eigenvalue weighted by Crippen LogP contribution is -2.46. The number of benzene rings is 1. The fourth-order valence-corrected chi connectivity index (χ4v) is 4.28. The van der Waals surface area contributed by atoms with Gasteiger partial charge in [-0.05, 0) is 48.4 Å². The van der Waals surface area contributed by atoms with Gasteiger partial charge in [0.25, 0.3) is 0 Å². The molecule has 0 amide bonds. The molecular formula is C20H27FN4O3S. The second kappa shape index (κ2) is 10.00. The summed E-state index contributed by atoms with van der Waals surface area (Å²) in [5.41, 5.74) is 1.88. The molecule has 3 rings (SSSR count). The number of hydrogen-bond donors (Lipinski definition) is 1. The molecule has 2 aromatic rings. The molecule has 9 heteroatoms. The van der Waals surface area contributed by atoms with Gasteiger partial charge in [0, 0.05) is 58.3 Å². The fraction of sp³-hybridized carbons (Fsp3) is 0.450. The minimum absolute atomic E-state index is 0.0458. The molecule has 0 radical (unpaired) electrons. The van der Waals surface area contributed by atoms with Crippen molar-refractivity contribution in [2.45, 2.75) is 13.0 Å². The van der Waals surface area contributed by atoms with Crippen LogP contribution < -0.4 is 14.5 Å². The number of pyridine rings is 1. The summed E-state index contributed by atoms with van der Waals surface area (Å²) in [6.45, 7) is 3.85. The predicted molar refractivity (Wildman–Crippen MR) is 112 cm³/mol. The summed E-state index contributed by atoms with van der Waals surface area (Å²) in [4.78, 5) is 8.84. The van der Waals surface area contributed by atoms with E-state index >= 15 is 0 Å². The molecule has 1 N–H and O–H groups in total. The number of piperazine rings is 1. The Labute approximate surface area is 171 Å². The number of anilines is 2. The largest absolute Gasteiger partial charge is 0.385 e. The van der Waals surface area contributed by atoms with Crippen molar-refractivity contribution in [2.75, 3.05) is 55.4 Å². The monoisotopic (exact) mass is 422 g/mol. The maximum Gasteiger partial charge on any atom is 0.211 e. The van der Waals surface area contributed by atoms with Crippen molar-refractivity contribution < 1.29 is 17.5 Å². The van der Waals surface area contributed by atoms with Gasteiger partial charge in [0.1, 0.15) is 11.6 Å². The molecule has 1 fully saturated rings. The molecule has 2 heterocycles. The average molecular weight is 423 g/mol. The molecule has 1 saturated heterocycles. The molecule has 1 aliphatic rings. The smallest absolute Gasteiger partial charge is 0.211 e. The Balaban J connectivity index is 1.54. The van der Waals surface area contributed by atoms with Crippen molar-refractivity contribution in [2.24, 2.45) is 0 Å². The highest BCUT2D eigenvalue weighted by Gasteiger charge is 2.19. The molecule has 0 unspecified atom stereocenters. The highest BCUT2D eigenvalue weighted by Crippen LogP contribution is 2.20. The van der Waals surface area contributed by atoms with Crippen LogP contribution in [0.1, 0.15) is 12.0 Å². The van der Waals surface area contributed by atoms with Gasteiger partial charge in [0.05, 0.1) is 5.75 Å². The highest BCUT2D eigenvalue weighted by molar-refractivity contribution is 7.89. The first kappa shape index (κ1) is 21.5. The zero-order valence-corrected chi connectivity index (χ0v) is 17.4. The summed E-state index contributed by atoms with van der Waals surface area (Å²) < 4.78 is 44.7. The molecule has 1 aromatic heterocycles. The summed E-state index contributed by atoms with van der Waals surface area (Å²) in [6.07, 6.45) is 2.17. The van der Waals surface area contributed by atoms with Crippen LogP contribution in [0.2, 0.25) is 0 Å². The van der Waals surface area contributed by atoms with Crippen LogP contribution in [0.25, 0.3) is 0 Å². The molecule has 1 aliphatic heterocycles. The van der Waals surface area contributed by atoms with E-state index in [4.69, 9.17) is 4.74 Å². The summed E-state index contributed by atoms with van der Waals surface area (Å²) in [6, 6.07) is 10.3. The van der Waals surface area contributed by atoms with E-state index in [1.54, 1.807) is 25.4 Å². The van der Waals surface area contributed by atoms with Crippen molar-refractivity contribution in [3.63, 3.8) is 0 Å². The molecular weight excluding hydrogens is 395 g/mol. The first-order valence-electron chi connectivity index (χ1n) is 9.63. The van der Waals surface area contributed by atoms with E-state index in [0.29, 0.717) is 13.0 Å². The first-order chi connectivity index (χ1) is 14.0. The number of ether oxygens (including phenoxy) is 1. The summed E-state index contributed by atoms with van der Waals surface area (Å²) >= 11 is 0. The summed E-state index contributed by atoms with van der Waals surface area (Å²) in [7, 11) is -1.77. The van der Waals surface area contributed by atoms with Crippen molar-refractivity contribution in [3.05, 3.63) is 54.0 Å². The summed E-state index contributed by atoms with van der Waals surface area (Å²) in [5.74, 6) is 0.645. The van der Waals surface area contributed by atoms with Crippen LogP contribution in [0.3, 0.4) is 0 Å². The average Bonchev–Trinajstić information content (AvgIpc) is 2.73. The van der Waals surface area contributed by atoms with Crippen molar-refractivity contribution in [3.8, 4) is 0 Å². The van der Waals surface area contributed by atoms with E-state index < -0.39 is 10.0 Å². The van der Waals surface area contributed by atoms with Gasteiger partial charge in [-0.1, -0.05) is 0 Å². The van der Waals surface area contributed by atoms with Crippen molar-refractivity contribution >= 4 is 21.5 Å².